The van der Waals surface area contributed by atoms with Gasteiger partial charge in [0.25, 0.3) is 0 Å². The molecule has 1 aliphatic rings. The lowest BCUT2D eigenvalue weighted by molar-refractivity contribution is -0.308. The van der Waals surface area contributed by atoms with E-state index in [0.717, 1.165) is 0 Å². The Kier molecular flexibility index (Phi) is 3.46. The fourth-order valence-corrected chi connectivity index (χ4v) is 1.55. The van der Waals surface area contributed by atoms with Gasteiger partial charge in [-0.25, -0.2) is 0 Å². The lowest BCUT2D eigenvalue weighted by atomic mass is 9.93. The van der Waals surface area contributed by atoms with Gasteiger partial charge in [0.2, 0.25) is 0 Å². The highest BCUT2D eigenvalue weighted by molar-refractivity contribution is 4.90. The van der Waals surface area contributed by atoms with E-state index in [2.05, 4.69) is 0 Å². The van der Waals surface area contributed by atoms with Gasteiger partial charge in [-0.3, -0.25) is 0 Å². The molecule has 0 unspecified atom stereocenters. The molecule has 1 rings (SSSR count). The summed E-state index contributed by atoms with van der Waals surface area (Å²) in [5.41, 5.74) is 0. The molecule has 0 aliphatic carbocycles. The van der Waals surface area contributed by atoms with Crippen molar-refractivity contribution >= 4 is 0 Å². The molecule has 0 radical (unpaired) electrons. The number of hydrogen-bond acceptors (Lipinski definition) is 6. The molecule has 1 saturated heterocycles. The molecular weight excluding hydrogens is 192 g/mol. The van der Waals surface area contributed by atoms with Crippen molar-refractivity contribution in [3.05, 3.63) is 0 Å². The van der Waals surface area contributed by atoms with Crippen molar-refractivity contribution in [1.82, 2.24) is 0 Å². The first-order chi connectivity index (χ1) is 6.37. The van der Waals surface area contributed by atoms with Crippen LogP contribution in [0.3, 0.4) is 0 Å². The minimum absolute atomic E-state index is 0.136. The van der Waals surface area contributed by atoms with Gasteiger partial charge in [0.1, 0.15) is 18.3 Å². The Morgan fingerprint density at radius 1 is 1.50 bits per heavy atom. The molecule has 5 atom stereocenters. The number of rotatable bonds is 2. The summed E-state index contributed by atoms with van der Waals surface area (Å²) in [5.74, 6) is -1.60. The summed E-state index contributed by atoms with van der Waals surface area (Å²) in [5, 5.41) is 46.2. The van der Waals surface area contributed by atoms with E-state index in [9.17, 15) is 20.4 Å². The molecule has 1 fully saturated rings. The van der Waals surface area contributed by atoms with Crippen LogP contribution in [0.25, 0.3) is 0 Å². The molecule has 14 heavy (non-hydrogen) atoms. The Bertz CT molecular complexity index is 194. The van der Waals surface area contributed by atoms with Gasteiger partial charge in [-0.05, 0) is 6.92 Å². The summed E-state index contributed by atoms with van der Waals surface area (Å²) >= 11 is 0. The predicted molar refractivity (Wildman–Crippen MR) is 45.2 cm³/mol. The van der Waals surface area contributed by atoms with Crippen molar-refractivity contribution in [3.63, 3.8) is 0 Å². The van der Waals surface area contributed by atoms with Crippen LogP contribution in [0.15, 0.2) is 0 Å². The lowest BCUT2D eigenvalue weighted by Crippen LogP contribution is -2.58. The van der Waals surface area contributed by atoms with Crippen LogP contribution < -0.4 is 0 Å². The predicted octanol–water partition coefficient (Wildman–Crippen LogP) is -2.44. The SMILES string of the molecule is C[C@@]1(O)C[C@@H](O)[C@@H](O)[C@@H]([C@H](O)CO)O1. The van der Waals surface area contributed by atoms with Crippen LogP contribution in [0.4, 0.5) is 0 Å². The standard InChI is InChI=1S/C8H16O6/c1-8(13)2-4(10)6(12)7(14-8)5(11)3-9/h4-7,9-13H,2-3H2,1H3/t4-,5-,6-,7-,8+/m1/s1. The third-order valence-corrected chi connectivity index (χ3v) is 2.27. The van der Waals surface area contributed by atoms with E-state index in [1.165, 1.54) is 6.92 Å². The summed E-state index contributed by atoms with van der Waals surface area (Å²) in [4.78, 5) is 0. The Hall–Kier alpha value is -0.240. The van der Waals surface area contributed by atoms with Crippen molar-refractivity contribution in [2.75, 3.05) is 6.61 Å². The maximum Gasteiger partial charge on any atom is 0.165 e. The summed E-state index contributed by atoms with van der Waals surface area (Å²) < 4.78 is 4.94. The van der Waals surface area contributed by atoms with E-state index in [1.54, 1.807) is 0 Å². The van der Waals surface area contributed by atoms with E-state index in [1.807, 2.05) is 0 Å². The summed E-state index contributed by atoms with van der Waals surface area (Å²) in [6, 6.07) is 0. The van der Waals surface area contributed by atoms with E-state index in [4.69, 9.17) is 9.84 Å². The minimum Gasteiger partial charge on any atom is -0.394 e. The number of ether oxygens (including phenoxy) is 1. The zero-order valence-corrected chi connectivity index (χ0v) is 7.87. The van der Waals surface area contributed by atoms with E-state index < -0.39 is 36.8 Å². The molecule has 5 N–H and O–H groups in total. The fraction of sp³-hybridized carbons (Fsp3) is 1.00. The van der Waals surface area contributed by atoms with Gasteiger partial charge in [-0.2, -0.15) is 0 Å². The van der Waals surface area contributed by atoms with Gasteiger partial charge >= 0.3 is 0 Å². The molecular formula is C8H16O6. The van der Waals surface area contributed by atoms with Crippen molar-refractivity contribution in [2.45, 2.75) is 43.5 Å². The second kappa shape index (κ2) is 4.09. The number of aliphatic hydroxyl groups is 5. The highest BCUT2D eigenvalue weighted by Gasteiger charge is 2.45. The number of hydrogen-bond donors (Lipinski definition) is 5. The first-order valence-electron chi connectivity index (χ1n) is 4.42. The lowest BCUT2D eigenvalue weighted by Gasteiger charge is -2.42. The third-order valence-electron chi connectivity index (χ3n) is 2.27. The molecule has 0 spiro atoms. The molecule has 1 heterocycles. The maximum atomic E-state index is 9.49. The summed E-state index contributed by atoms with van der Waals surface area (Å²) in [6.45, 7) is 0.712. The summed E-state index contributed by atoms with van der Waals surface area (Å²) in [6.07, 6.45) is -5.13. The zero-order valence-electron chi connectivity index (χ0n) is 7.87. The molecule has 0 aromatic carbocycles. The molecule has 0 bridgehead atoms. The second-order valence-corrected chi connectivity index (χ2v) is 3.77. The fourth-order valence-electron chi connectivity index (χ4n) is 1.55. The van der Waals surface area contributed by atoms with Gasteiger partial charge in [0, 0.05) is 6.42 Å². The van der Waals surface area contributed by atoms with E-state index >= 15 is 0 Å². The normalized spacial score (nSPS) is 46.3. The average Bonchev–Trinajstić information content (AvgIpc) is 2.09. The highest BCUT2D eigenvalue weighted by atomic mass is 16.6. The zero-order chi connectivity index (χ0) is 10.9. The monoisotopic (exact) mass is 208 g/mol. The molecule has 6 nitrogen and oxygen atoms in total. The largest absolute Gasteiger partial charge is 0.394 e. The highest BCUT2D eigenvalue weighted by Crippen LogP contribution is 2.28. The van der Waals surface area contributed by atoms with Crippen molar-refractivity contribution in [1.29, 1.82) is 0 Å². The minimum atomic E-state index is -1.60. The molecule has 0 aromatic rings. The van der Waals surface area contributed by atoms with Crippen LogP contribution in [-0.2, 0) is 4.74 Å². The Balaban J connectivity index is 2.73. The van der Waals surface area contributed by atoms with Gasteiger partial charge in [-0.15, -0.1) is 0 Å². The Morgan fingerprint density at radius 3 is 2.57 bits per heavy atom. The van der Waals surface area contributed by atoms with E-state index in [-0.39, 0.29) is 6.42 Å². The summed E-state index contributed by atoms with van der Waals surface area (Å²) in [7, 11) is 0. The van der Waals surface area contributed by atoms with Crippen LogP contribution >= 0.6 is 0 Å². The molecule has 0 aromatic heterocycles. The van der Waals surface area contributed by atoms with Crippen LogP contribution in [0, 0.1) is 0 Å². The topological polar surface area (TPSA) is 110 Å². The van der Waals surface area contributed by atoms with Crippen LogP contribution in [-0.4, -0.2) is 62.3 Å². The maximum absolute atomic E-state index is 9.49. The van der Waals surface area contributed by atoms with Crippen molar-refractivity contribution < 1.29 is 30.3 Å². The first kappa shape index (κ1) is 11.8. The molecule has 0 amide bonds. The van der Waals surface area contributed by atoms with Crippen LogP contribution in [0.5, 0.6) is 0 Å². The van der Waals surface area contributed by atoms with Crippen LogP contribution in [0.2, 0.25) is 0 Å². The van der Waals surface area contributed by atoms with Crippen molar-refractivity contribution in [3.8, 4) is 0 Å². The quantitative estimate of drug-likeness (QED) is 0.345. The second-order valence-electron chi connectivity index (χ2n) is 3.77. The average molecular weight is 208 g/mol. The molecule has 0 saturated carbocycles. The first-order valence-corrected chi connectivity index (χ1v) is 4.42. The number of aliphatic hydroxyl groups excluding tert-OH is 4. The van der Waals surface area contributed by atoms with Gasteiger partial charge in [0.15, 0.2) is 5.79 Å². The van der Waals surface area contributed by atoms with E-state index in [0.29, 0.717) is 0 Å². The van der Waals surface area contributed by atoms with Crippen LogP contribution in [0.1, 0.15) is 13.3 Å². The van der Waals surface area contributed by atoms with Gasteiger partial charge in [0.05, 0.1) is 12.7 Å². The van der Waals surface area contributed by atoms with Gasteiger partial charge in [-0.1, -0.05) is 0 Å². The third kappa shape index (κ3) is 2.41. The Labute approximate surface area is 81.4 Å². The Morgan fingerprint density at radius 2 is 2.07 bits per heavy atom. The van der Waals surface area contributed by atoms with Gasteiger partial charge < -0.3 is 30.3 Å². The molecule has 1 aliphatic heterocycles. The molecule has 6 heteroatoms. The smallest absolute Gasteiger partial charge is 0.165 e. The van der Waals surface area contributed by atoms with Crippen molar-refractivity contribution in [2.24, 2.45) is 0 Å². The molecule has 84 valence electrons.